The second-order valence-corrected chi connectivity index (χ2v) is 10.4. The first-order chi connectivity index (χ1) is 17.5. The van der Waals surface area contributed by atoms with E-state index in [0.29, 0.717) is 6.54 Å². The van der Waals surface area contributed by atoms with Crippen LogP contribution >= 0.6 is 0 Å². The number of ether oxygens (including phenoxy) is 1. The Morgan fingerprint density at radius 1 is 1.17 bits per heavy atom. The molecule has 4 heterocycles. The van der Waals surface area contributed by atoms with Crippen molar-refractivity contribution < 1.29 is 14.0 Å². The number of benzene rings is 2. The summed E-state index contributed by atoms with van der Waals surface area (Å²) in [6, 6.07) is 11.1. The number of rotatable bonds is 3. The number of nitrogens with one attached hydrogen (secondary N) is 1. The van der Waals surface area contributed by atoms with Crippen LogP contribution in [-0.4, -0.2) is 40.5 Å². The first kappa shape index (κ1) is 21.5. The number of aromatic nitrogens is 2. The second kappa shape index (κ2) is 7.59. The van der Waals surface area contributed by atoms with Crippen molar-refractivity contribution in [3.63, 3.8) is 0 Å². The Kier molecular flexibility index (Phi) is 4.53. The SMILES string of the molecule is COc1cc(C=C2CC3(CC3)CN3C2=NOC32CCNc3cc(F)ccc32)ccc1-n1cnc(C)c1. The van der Waals surface area contributed by atoms with Crippen LogP contribution in [0.25, 0.3) is 11.8 Å². The summed E-state index contributed by atoms with van der Waals surface area (Å²) in [6.45, 7) is 3.58. The monoisotopic (exact) mass is 485 g/mol. The van der Waals surface area contributed by atoms with E-state index < -0.39 is 5.72 Å². The number of amidine groups is 1. The highest BCUT2D eigenvalue weighted by atomic mass is 19.1. The van der Waals surface area contributed by atoms with Crippen LogP contribution < -0.4 is 10.1 Å². The highest BCUT2D eigenvalue weighted by Crippen LogP contribution is 2.58. The first-order valence-electron chi connectivity index (χ1n) is 12.5. The lowest BCUT2D eigenvalue weighted by Gasteiger charge is -2.45. The lowest BCUT2D eigenvalue weighted by Crippen LogP contribution is -2.54. The minimum absolute atomic E-state index is 0.245. The third-order valence-corrected chi connectivity index (χ3v) is 7.99. The Balaban J connectivity index is 1.27. The maximum Gasteiger partial charge on any atom is 0.241 e. The summed E-state index contributed by atoms with van der Waals surface area (Å²) in [5.74, 6) is 1.42. The van der Waals surface area contributed by atoms with Crippen LogP contribution in [0.1, 0.15) is 42.5 Å². The molecule has 1 N–H and O–H groups in total. The van der Waals surface area contributed by atoms with E-state index in [-0.39, 0.29) is 11.2 Å². The number of aryl methyl sites for hydroxylation is 1. The van der Waals surface area contributed by atoms with E-state index in [9.17, 15) is 4.39 Å². The molecule has 2 aromatic carbocycles. The van der Waals surface area contributed by atoms with Crippen molar-refractivity contribution in [2.24, 2.45) is 10.6 Å². The number of methoxy groups -OCH3 is 1. The smallest absolute Gasteiger partial charge is 0.241 e. The molecule has 1 atom stereocenters. The predicted molar refractivity (Wildman–Crippen MR) is 136 cm³/mol. The van der Waals surface area contributed by atoms with E-state index in [1.165, 1.54) is 24.5 Å². The molecule has 1 unspecified atom stereocenters. The van der Waals surface area contributed by atoms with Gasteiger partial charge >= 0.3 is 0 Å². The first-order valence-corrected chi connectivity index (χ1v) is 12.5. The number of hydrogen-bond acceptors (Lipinski definition) is 6. The van der Waals surface area contributed by atoms with E-state index in [1.54, 1.807) is 19.5 Å². The summed E-state index contributed by atoms with van der Waals surface area (Å²) in [5.41, 5.74) is 5.41. The Labute approximate surface area is 209 Å². The molecule has 4 aliphatic rings. The molecule has 1 saturated carbocycles. The summed E-state index contributed by atoms with van der Waals surface area (Å²) in [7, 11) is 1.69. The molecule has 1 saturated heterocycles. The van der Waals surface area contributed by atoms with Crippen molar-refractivity contribution in [3.05, 3.63) is 77.1 Å². The average molecular weight is 486 g/mol. The minimum atomic E-state index is -0.695. The molecular formula is C28H28FN5O2. The summed E-state index contributed by atoms with van der Waals surface area (Å²) in [4.78, 5) is 13.0. The minimum Gasteiger partial charge on any atom is -0.495 e. The predicted octanol–water partition coefficient (Wildman–Crippen LogP) is 5.21. The van der Waals surface area contributed by atoms with E-state index in [1.807, 2.05) is 23.8 Å². The topological polar surface area (TPSA) is 63.9 Å². The van der Waals surface area contributed by atoms with Gasteiger partial charge < -0.3 is 24.4 Å². The van der Waals surface area contributed by atoms with Gasteiger partial charge in [-0.3, -0.25) is 0 Å². The molecule has 2 spiro atoms. The molecule has 36 heavy (non-hydrogen) atoms. The van der Waals surface area contributed by atoms with Crippen LogP contribution in [-0.2, 0) is 10.6 Å². The van der Waals surface area contributed by atoms with E-state index >= 15 is 0 Å². The number of imidazole rings is 1. The Morgan fingerprint density at radius 2 is 2.06 bits per heavy atom. The van der Waals surface area contributed by atoms with Crippen molar-refractivity contribution in [2.45, 2.75) is 38.3 Å². The fraction of sp³-hybridized carbons (Fsp3) is 0.357. The molecule has 3 aliphatic heterocycles. The van der Waals surface area contributed by atoms with Crippen LogP contribution in [0.3, 0.4) is 0 Å². The third-order valence-electron chi connectivity index (χ3n) is 7.99. The molecule has 1 aromatic heterocycles. The number of oxime groups is 1. The zero-order valence-corrected chi connectivity index (χ0v) is 20.4. The van der Waals surface area contributed by atoms with Crippen LogP contribution in [0, 0.1) is 18.2 Å². The summed E-state index contributed by atoms with van der Waals surface area (Å²) in [5, 5.41) is 7.98. The molecule has 0 bridgehead atoms. The molecule has 184 valence electrons. The van der Waals surface area contributed by atoms with Gasteiger partial charge in [0.15, 0.2) is 5.84 Å². The van der Waals surface area contributed by atoms with Crippen molar-refractivity contribution in [2.75, 3.05) is 25.5 Å². The van der Waals surface area contributed by atoms with Gasteiger partial charge in [-0.2, -0.15) is 0 Å². The molecular weight excluding hydrogens is 457 g/mol. The lowest BCUT2D eigenvalue weighted by atomic mass is 9.84. The maximum atomic E-state index is 14.0. The van der Waals surface area contributed by atoms with Crippen LogP contribution in [0.4, 0.5) is 10.1 Å². The number of halogens is 1. The van der Waals surface area contributed by atoms with Gasteiger partial charge in [-0.15, -0.1) is 0 Å². The van der Waals surface area contributed by atoms with E-state index in [0.717, 1.165) is 59.2 Å². The number of piperidine rings is 1. The molecule has 1 aliphatic carbocycles. The van der Waals surface area contributed by atoms with Crippen molar-refractivity contribution in [3.8, 4) is 11.4 Å². The van der Waals surface area contributed by atoms with Crippen molar-refractivity contribution in [1.29, 1.82) is 0 Å². The van der Waals surface area contributed by atoms with Gasteiger partial charge in [-0.25, -0.2) is 9.37 Å². The zero-order valence-electron chi connectivity index (χ0n) is 20.4. The summed E-state index contributed by atoms with van der Waals surface area (Å²) in [6.07, 6.45) is 10.1. The molecule has 7 rings (SSSR count). The molecule has 0 radical (unpaired) electrons. The number of fused-ring (bicyclic) bond motifs is 4. The largest absolute Gasteiger partial charge is 0.495 e. The molecule has 3 aromatic rings. The molecule has 8 heteroatoms. The number of hydrogen-bond donors (Lipinski definition) is 1. The molecule has 0 amide bonds. The summed E-state index contributed by atoms with van der Waals surface area (Å²) >= 11 is 0. The van der Waals surface area contributed by atoms with Gasteiger partial charge in [0.1, 0.15) is 11.6 Å². The highest BCUT2D eigenvalue weighted by molar-refractivity contribution is 6.04. The fourth-order valence-electron chi connectivity index (χ4n) is 5.96. The Morgan fingerprint density at radius 3 is 2.83 bits per heavy atom. The second-order valence-electron chi connectivity index (χ2n) is 10.4. The lowest BCUT2D eigenvalue weighted by molar-refractivity contribution is -0.117. The number of nitrogens with zero attached hydrogens (tertiary/aromatic N) is 4. The Bertz CT molecular complexity index is 1440. The quantitative estimate of drug-likeness (QED) is 0.552. The zero-order chi connectivity index (χ0) is 24.5. The number of anilines is 1. The summed E-state index contributed by atoms with van der Waals surface area (Å²) < 4.78 is 21.7. The van der Waals surface area contributed by atoms with Gasteiger partial charge in [0.25, 0.3) is 0 Å². The fourth-order valence-corrected chi connectivity index (χ4v) is 5.96. The van der Waals surface area contributed by atoms with Crippen LogP contribution in [0.5, 0.6) is 5.75 Å². The van der Waals surface area contributed by atoms with Gasteiger partial charge in [0, 0.05) is 37.0 Å². The van der Waals surface area contributed by atoms with Crippen LogP contribution in [0.15, 0.2) is 59.7 Å². The third kappa shape index (κ3) is 3.23. The normalized spacial score (nSPS) is 24.2. The van der Waals surface area contributed by atoms with Crippen molar-refractivity contribution in [1.82, 2.24) is 14.5 Å². The average Bonchev–Trinajstić information content (AvgIpc) is 3.31. The van der Waals surface area contributed by atoms with Crippen LogP contribution in [0.2, 0.25) is 0 Å². The van der Waals surface area contributed by atoms with E-state index in [4.69, 9.17) is 9.57 Å². The standard InChI is InChI=1S/C28H28FN5O2/c1-18-15-33(17-31-18)24-6-3-19(12-25(24)35-2)11-20-14-27(7-8-27)16-34-26(20)32-36-28(34)9-10-30-23-13-21(29)4-5-22(23)28/h3-6,11-13,15,17,30H,7-10,14,16H2,1-2H3. The Hall–Kier alpha value is -3.81. The van der Waals surface area contributed by atoms with Gasteiger partial charge in [0.05, 0.1) is 24.8 Å². The molecule has 2 fully saturated rings. The highest BCUT2D eigenvalue weighted by Gasteiger charge is 2.59. The van der Waals surface area contributed by atoms with Crippen molar-refractivity contribution >= 4 is 17.6 Å². The van der Waals surface area contributed by atoms with Gasteiger partial charge in [0.2, 0.25) is 5.72 Å². The van der Waals surface area contributed by atoms with E-state index in [2.05, 4.69) is 44.6 Å². The van der Waals surface area contributed by atoms with Gasteiger partial charge in [-0.05, 0) is 79.1 Å². The maximum absolute atomic E-state index is 14.0. The van der Waals surface area contributed by atoms with Gasteiger partial charge in [-0.1, -0.05) is 11.2 Å². The molecule has 7 nitrogen and oxygen atoms in total.